The van der Waals surface area contributed by atoms with Gasteiger partial charge in [-0.3, -0.25) is 14.9 Å². The van der Waals surface area contributed by atoms with Gasteiger partial charge in [-0.15, -0.1) is 0 Å². The van der Waals surface area contributed by atoms with Gasteiger partial charge in [0.2, 0.25) is 0 Å². The molecule has 0 radical (unpaired) electrons. The second-order valence-electron chi connectivity index (χ2n) is 7.11. The average molecular weight is 516 g/mol. The Hall–Kier alpha value is -3.53. The fourth-order valence-corrected chi connectivity index (χ4v) is 3.37. The number of nitrogens with one attached hydrogen (secondary N) is 3. The Morgan fingerprint density at radius 1 is 0.943 bits per heavy atom. The van der Waals surface area contributed by atoms with E-state index in [0.717, 1.165) is 0 Å². The minimum Gasteiger partial charge on any atom is -0.490 e. The van der Waals surface area contributed by atoms with Gasteiger partial charge in [0, 0.05) is 23.5 Å². The highest BCUT2D eigenvalue weighted by molar-refractivity contribution is 7.80. The molecule has 0 saturated heterocycles. The van der Waals surface area contributed by atoms with Crippen LogP contribution in [-0.2, 0) is 4.74 Å². The van der Waals surface area contributed by atoms with Crippen LogP contribution in [0, 0.1) is 5.82 Å². The van der Waals surface area contributed by atoms with Crippen LogP contribution < -0.4 is 20.7 Å². The van der Waals surface area contributed by atoms with Crippen LogP contribution in [-0.4, -0.2) is 36.7 Å². The van der Waals surface area contributed by atoms with Gasteiger partial charge in [-0.1, -0.05) is 29.8 Å². The van der Waals surface area contributed by atoms with E-state index in [1.807, 2.05) is 6.92 Å². The summed E-state index contributed by atoms with van der Waals surface area (Å²) in [6, 6.07) is 17.2. The van der Waals surface area contributed by atoms with E-state index in [1.54, 1.807) is 48.5 Å². The summed E-state index contributed by atoms with van der Waals surface area (Å²) in [5, 5.41) is 8.09. The molecule has 0 saturated carbocycles. The topological polar surface area (TPSA) is 88.7 Å². The third-order valence-electron chi connectivity index (χ3n) is 4.61. The minimum absolute atomic E-state index is 0.0435. The first-order chi connectivity index (χ1) is 16.9. The Kier molecular flexibility index (Phi) is 9.54. The van der Waals surface area contributed by atoms with Crippen LogP contribution in [0.25, 0.3) is 0 Å². The molecule has 3 aromatic carbocycles. The first-order valence-corrected chi connectivity index (χ1v) is 11.4. The number of hydrogen-bond acceptors (Lipinski definition) is 5. The molecular weight excluding hydrogens is 493 g/mol. The molecule has 182 valence electrons. The van der Waals surface area contributed by atoms with Gasteiger partial charge in [-0.05, 0) is 67.7 Å². The third-order valence-corrected chi connectivity index (χ3v) is 5.10. The molecule has 3 N–H and O–H groups in total. The summed E-state index contributed by atoms with van der Waals surface area (Å²) in [5.74, 6) is -1.04. The zero-order chi connectivity index (χ0) is 25.2. The van der Waals surface area contributed by atoms with Crippen molar-refractivity contribution in [2.24, 2.45) is 0 Å². The van der Waals surface area contributed by atoms with Crippen LogP contribution in [0.15, 0.2) is 66.7 Å². The van der Waals surface area contributed by atoms with Gasteiger partial charge in [-0.2, -0.15) is 0 Å². The molecule has 0 fully saturated rings. The van der Waals surface area contributed by atoms with E-state index in [-0.39, 0.29) is 10.1 Å². The van der Waals surface area contributed by atoms with Gasteiger partial charge >= 0.3 is 0 Å². The first-order valence-electron chi connectivity index (χ1n) is 10.7. The molecule has 0 aromatic heterocycles. The number of rotatable bonds is 9. The van der Waals surface area contributed by atoms with Crippen LogP contribution in [0.5, 0.6) is 5.75 Å². The summed E-state index contributed by atoms with van der Waals surface area (Å²) < 4.78 is 24.2. The van der Waals surface area contributed by atoms with E-state index < -0.39 is 17.6 Å². The zero-order valence-corrected chi connectivity index (χ0v) is 20.3. The number of hydrogen-bond donors (Lipinski definition) is 3. The normalized spacial score (nSPS) is 10.4. The van der Waals surface area contributed by atoms with Crippen molar-refractivity contribution in [2.45, 2.75) is 6.92 Å². The van der Waals surface area contributed by atoms with Crippen molar-refractivity contribution in [3.05, 3.63) is 88.7 Å². The standard InChI is InChI=1S/C25H23ClFN3O4S/c1-2-33-12-13-34-22-9-4-3-8-19(22)24(32)30-25(35)29-17-7-5-6-16(14-17)23(31)28-18-10-11-21(27)20(26)15-18/h3-11,14-15H,2,12-13H2,1H3,(H,28,31)(H2,29,30,32,35). The molecule has 0 atom stereocenters. The number of amides is 2. The van der Waals surface area contributed by atoms with Gasteiger partial charge < -0.3 is 20.1 Å². The molecule has 0 aliphatic rings. The fourth-order valence-electron chi connectivity index (χ4n) is 2.98. The van der Waals surface area contributed by atoms with E-state index in [9.17, 15) is 14.0 Å². The summed E-state index contributed by atoms with van der Waals surface area (Å²) in [4.78, 5) is 25.3. The van der Waals surface area contributed by atoms with E-state index >= 15 is 0 Å². The van der Waals surface area contributed by atoms with Crippen molar-refractivity contribution in [2.75, 3.05) is 30.5 Å². The largest absolute Gasteiger partial charge is 0.490 e. The number of carbonyl (C=O) groups excluding carboxylic acids is 2. The van der Waals surface area contributed by atoms with Crippen molar-refractivity contribution in [3.63, 3.8) is 0 Å². The smallest absolute Gasteiger partial charge is 0.261 e. The molecule has 0 unspecified atom stereocenters. The molecule has 3 rings (SSSR count). The summed E-state index contributed by atoms with van der Waals surface area (Å²) in [6.07, 6.45) is 0. The second kappa shape index (κ2) is 12.8. The second-order valence-corrected chi connectivity index (χ2v) is 7.93. The Bertz CT molecular complexity index is 1220. The van der Waals surface area contributed by atoms with Crippen molar-refractivity contribution in [3.8, 4) is 5.75 Å². The van der Waals surface area contributed by atoms with Gasteiger partial charge in [0.1, 0.15) is 18.2 Å². The number of para-hydroxylation sites is 1. The van der Waals surface area contributed by atoms with E-state index in [1.165, 1.54) is 18.2 Å². The van der Waals surface area contributed by atoms with E-state index in [0.29, 0.717) is 48.1 Å². The molecule has 2 amide bonds. The van der Waals surface area contributed by atoms with Gasteiger partial charge in [0.15, 0.2) is 5.11 Å². The Balaban J connectivity index is 1.60. The summed E-state index contributed by atoms with van der Waals surface area (Å²) in [7, 11) is 0. The van der Waals surface area contributed by atoms with Crippen LogP contribution in [0.3, 0.4) is 0 Å². The SMILES string of the molecule is CCOCCOc1ccccc1C(=O)NC(=S)Nc1cccc(C(=O)Nc2ccc(F)c(Cl)c2)c1. The molecule has 7 nitrogen and oxygen atoms in total. The lowest BCUT2D eigenvalue weighted by Gasteiger charge is -2.13. The number of benzene rings is 3. The lowest BCUT2D eigenvalue weighted by molar-refractivity contribution is 0.0958. The quantitative estimate of drug-likeness (QED) is 0.266. The molecule has 0 spiro atoms. The predicted octanol–water partition coefficient (Wildman–Crippen LogP) is 5.27. The molecule has 0 bridgehead atoms. The Labute approximate surface area is 212 Å². The predicted molar refractivity (Wildman–Crippen MR) is 138 cm³/mol. The van der Waals surface area contributed by atoms with E-state index in [4.69, 9.17) is 33.3 Å². The molecular formula is C25H23ClFN3O4S. The molecule has 10 heteroatoms. The molecule has 0 aliphatic carbocycles. The lowest BCUT2D eigenvalue weighted by atomic mass is 10.1. The Morgan fingerprint density at radius 3 is 2.49 bits per heavy atom. The number of carbonyl (C=O) groups is 2. The van der Waals surface area contributed by atoms with Gasteiger partial charge in [0.05, 0.1) is 17.2 Å². The number of ether oxygens (including phenoxy) is 2. The molecule has 3 aromatic rings. The highest BCUT2D eigenvalue weighted by Crippen LogP contribution is 2.21. The van der Waals surface area contributed by atoms with E-state index in [2.05, 4.69) is 16.0 Å². The van der Waals surface area contributed by atoms with Crippen molar-refractivity contribution < 1.29 is 23.5 Å². The summed E-state index contributed by atoms with van der Waals surface area (Å²) in [5.41, 5.74) is 1.47. The molecule has 0 heterocycles. The molecule has 0 aliphatic heterocycles. The fraction of sp³-hybridized carbons (Fsp3) is 0.160. The van der Waals surface area contributed by atoms with Crippen LogP contribution in [0.1, 0.15) is 27.6 Å². The highest BCUT2D eigenvalue weighted by Gasteiger charge is 2.14. The molecule has 35 heavy (non-hydrogen) atoms. The average Bonchev–Trinajstić information content (AvgIpc) is 2.84. The Morgan fingerprint density at radius 2 is 1.71 bits per heavy atom. The number of halogens is 2. The van der Waals surface area contributed by atoms with Crippen molar-refractivity contribution >= 4 is 52.1 Å². The maximum Gasteiger partial charge on any atom is 0.261 e. The minimum atomic E-state index is -0.578. The van der Waals surface area contributed by atoms with Gasteiger partial charge in [-0.25, -0.2) is 4.39 Å². The number of thiocarbonyl (C=S) groups is 1. The summed E-state index contributed by atoms with van der Waals surface area (Å²) >= 11 is 11.0. The number of anilines is 2. The maximum atomic E-state index is 13.3. The van der Waals surface area contributed by atoms with Gasteiger partial charge in [0.25, 0.3) is 11.8 Å². The summed E-state index contributed by atoms with van der Waals surface area (Å²) in [6.45, 7) is 3.18. The monoisotopic (exact) mass is 515 g/mol. The highest BCUT2D eigenvalue weighted by atomic mass is 35.5. The third kappa shape index (κ3) is 7.74. The zero-order valence-electron chi connectivity index (χ0n) is 18.8. The van der Waals surface area contributed by atoms with Crippen LogP contribution in [0.2, 0.25) is 5.02 Å². The van der Waals surface area contributed by atoms with Crippen LogP contribution >= 0.6 is 23.8 Å². The maximum absolute atomic E-state index is 13.3. The lowest BCUT2D eigenvalue weighted by Crippen LogP contribution is -2.34. The van der Waals surface area contributed by atoms with Crippen LogP contribution in [0.4, 0.5) is 15.8 Å². The van der Waals surface area contributed by atoms with Crippen molar-refractivity contribution in [1.82, 2.24) is 5.32 Å². The first kappa shape index (κ1) is 26.1. The van der Waals surface area contributed by atoms with Crippen molar-refractivity contribution in [1.29, 1.82) is 0 Å².